The zero-order chi connectivity index (χ0) is 11.8. The van der Waals surface area contributed by atoms with Crippen LogP contribution >= 0.6 is 22.9 Å². The predicted molar refractivity (Wildman–Crippen MR) is 72.7 cm³/mol. The number of hydrogen-bond donors (Lipinski definition) is 1. The molecule has 0 aliphatic heterocycles. The number of nitrogens with zero attached hydrogens (tertiary/aromatic N) is 1. The Morgan fingerprint density at radius 3 is 3.18 bits per heavy atom. The van der Waals surface area contributed by atoms with Crippen molar-refractivity contribution < 1.29 is 0 Å². The lowest BCUT2D eigenvalue weighted by molar-refractivity contribution is 0.723. The molecule has 1 aliphatic carbocycles. The standard InChI is InChI=1S/C13H13ClN2S/c1-2-15-7-12-16-13-10-4-3-9(14)5-8(10)6-11(13)17-12/h3-5,15H,2,6-7H2,1H3. The number of thiazole rings is 1. The van der Waals surface area contributed by atoms with Crippen molar-refractivity contribution in [3.63, 3.8) is 0 Å². The summed E-state index contributed by atoms with van der Waals surface area (Å²) in [6.07, 6.45) is 0.981. The summed E-state index contributed by atoms with van der Waals surface area (Å²) in [5.74, 6) is 0. The second-order valence-corrected chi connectivity index (χ2v) is 5.74. The molecule has 0 unspecified atom stereocenters. The molecule has 3 rings (SSSR count). The van der Waals surface area contributed by atoms with Crippen molar-refractivity contribution in [3.05, 3.63) is 38.7 Å². The molecular formula is C13H13ClN2S. The van der Waals surface area contributed by atoms with Crippen LogP contribution in [0.4, 0.5) is 0 Å². The molecule has 4 heteroatoms. The van der Waals surface area contributed by atoms with Crippen LogP contribution in [0.5, 0.6) is 0 Å². The first-order valence-electron chi connectivity index (χ1n) is 5.76. The van der Waals surface area contributed by atoms with Gasteiger partial charge in [-0.1, -0.05) is 24.6 Å². The van der Waals surface area contributed by atoms with E-state index in [2.05, 4.69) is 24.4 Å². The van der Waals surface area contributed by atoms with Gasteiger partial charge >= 0.3 is 0 Å². The minimum Gasteiger partial charge on any atom is -0.311 e. The fourth-order valence-corrected chi connectivity index (χ4v) is 3.42. The Hall–Kier alpha value is -0.900. The molecule has 0 amide bonds. The fourth-order valence-electron chi connectivity index (χ4n) is 2.15. The van der Waals surface area contributed by atoms with Crippen molar-refractivity contribution in [2.75, 3.05) is 6.54 Å². The second kappa shape index (κ2) is 4.41. The van der Waals surface area contributed by atoms with E-state index in [1.165, 1.54) is 21.0 Å². The van der Waals surface area contributed by atoms with Gasteiger partial charge in [-0.25, -0.2) is 4.98 Å². The molecule has 2 aromatic rings. The van der Waals surface area contributed by atoms with E-state index in [0.29, 0.717) is 0 Å². The summed E-state index contributed by atoms with van der Waals surface area (Å²) < 4.78 is 0. The Morgan fingerprint density at radius 1 is 1.47 bits per heavy atom. The monoisotopic (exact) mass is 264 g/mol. The molecule has 0 spiro atoms. The van der Waals surface area contributed by atoms with Crippen molar-refractivity contribution in [1.29, 1.82) is 0 Å². The summed E-state index contributed by atoms with van der Waals surface area (Å²) in [4.78, 5) is 6.08. The smallest absolute Gasteiger partial charge is 0.107 e. The van der Waals surface area contributed by atoms with Gasteiger partial charge in [0.25, 0.3) is 0 Å². The van der Waals surface area contributed by atoms with E-state index in [1.807, 2.05) is 17.4 Å². The van der Waals surface area contributed by atoms with Crippen LogP contribution in [0.1, 0.15) is 22.4 Å². The van der Waals surface area contributed by atoms with E-state index in [0.717, 1.165) is 30.2 Å². The van der Waals surface area contributed by atoms with Gasteiger partial charge < -0.3 is 5.32 Å². The Kier molecular flexibility index (Phi) is 2.90. The molecular weight excluding hydrogens is 252 g/mol. The van der Waals surface area contributed by atoms with Gasteiger partial charge in [0, 0.05) is 28.4 Å². The molecule has 1 aromatic carbocycles. The number of benzene rings is 1. The molecule has 0 saturated heterocycles. The third-order valence-electron chi connectivity index (χ3n) is 2.94. The number of fused-ring (bicyclic) bond motifs is 3. The SMILES string of the molecule is CCNCc1nc2c(s1)Cc1cc(Cl)ccc1-2. The quantitative estimate of drug-likeness (QED) is 0.784. The summed E-state index contributed by atoms with van der Waals surface area (Å²) >= 11 is 7.81. The van der Waals surface area contributed by atoms with E-state index in [-0.39, 0.29) is 0 Å². The van der Waals surface area contributed by atoms with Crippen molar-refractivity contribution in [3.8, 4) is 11.3 Å². The van der Waals surface area contributed by atoms with Crippen LogP contribution in [-0.2, 0) is 13.0 Å². The average Bonchev–Trinajstić information content (AvgIpc) is 2.82. The normalized spacial score (nSPS) is 12.6. The van der Waals surface area contributed by atoms with Crippen LogP contribution < -0.4 is 5.32 Å². The first-order valence-corrected chi connectivity index (χ1v) is 6.95. The lowest BCUT2D eigenvalue weighted by atomic mass is 10.1. The van der Waals surface area contributed by atoms with Gasteiger partial charge in [-0.05, 0) is 24.2 Å². The predicted octanol–water partition coefficient (Wildman–Crippen LogP) is 3.48. The van der Waals surface area contributed by atoms with Crippen molar-refractivity contribution in [2.45, 2.75) is 19.9 Å². The Morgan fingerprint density at radius 2 is 2.35 bits per heavy atom. The number of nitrogens with one attached hydrogen (secondary N) is 1. The van der Waals surface area contributed by atoms with Gasteiger partial charge in [-0.15, -0.1) is 11.3 Å². The van der Waals surface area contributed by atoms with E-state index < -0.39 is 0 Å². The highest BCUT2D eigenvalue weighted by Gasteiger charge is 2.23. The lowest BCUT2D eigenvalue weighted by Gasteiger charge is -2.00. The van der Waals surface area contributed by atoms with Gasteiger partial charge in [0.1, 0.15) is 5.01 Å². The summed E-state index contributed by atoms with van der Waals surface area (Å²) in [5, 5.41) is 5.30. The van der Waals surface area contributed by atoms with Crippen molar-refractivity contribution >= 4 is 22.9 Å². The average molecular weight is 265 g/mol. The highest BCUT2D eigenvalue weighted by Crippen LogP contribution is 2.40. The number of halogens is 1. The molecule has 1 heterocycles. The molecule has 1 aromatic heterocycles. The van der Waals surface area contributed by atoms with Gasteiger partial charge in [0.15, 0.2) is 0 Å². The summed E-state index contributed by atoms with van der Waals surface area (Å²) in [6.45, 7) is 3.96. The third-order valence-corrected chi connectivity index (χ3v) is 4.23. The molecule has 2 nitrogen and oxygen atoms in total. The number of hydrogen-bond acceptors (Lipinski definition) is 3. The molecule has 0 fully saturated rings. The summed E-state index contributed by atoms with van der Waals surface area (Å²) in [6, 6.07) is 6.08. The van der Waals surface area contributed by atoms with E-state index in [4.69, 9.17) is 16.6 Å². The van der Waals surface area contributed by atoms with Crippen LogP contribution in [0.25, 0.3) is 11.3 Å². The minimum atomic E-state index is 0.812. The van der Waals surface area contributed by atoms with Crippen molar-refractivity contribution in [1.82, 2.24) is 10.3 Å². The third kappa shape index (κ3) is 1.99. The van der Waals surface area contributed by atoms with Gasteiger partial charge in [0.2, 0.25) is 0 Å². The van der Waals surface area contributed by atoms with Gasteiger partial charge in [-0.2, -0.15) is 0 Å². The van der Waals surface area contributed by atoms with Crippen LogP contribution in [0.2, 0.25) is 5.02 Å². The molecule has 0 saturated carbocycles. The molecule has 0 atom stereocenters. The highest BCUT2D eigenvalue weighted by molar-refractivity contribution is 7.12. The van der Waals surface area contributed by atoms with E-state index in [9.17, 15) is 0 Å². The zero-order valence-electron chi connectivity index (χ0n) is 9.59. The number of aromatic nitrogens is 1. The minimum absolute atomic E-state index is 0.812. The molecule has 0 bridgehead atoms. The Balaban J connectivity index is 1.95. The maximum absolute atomic E-state index is 6.01. The Labute approximate surface area is 110 Å². The Bertz CT molecular complexity index is 563. The van der Waals surface area contributed by atoms with Crippen LogP contribution in [0, 0.1) is 0 Å². The maximum Gasteiger partial charge on any atom is 0.107 e. The summed E-state index contributed by atoms with van der Waals surface area (Å²) in [7, 11) is 0. The molecule has 0 radical (unpaired) electrons. The molecule has 1 N–H and O–H groups in total. The lowest BCUT2D eigenvalue weighted by Crippen LogP contribution is -2.11. The van der Waals surface area contributed by atoms with Gasteiger partial charge in [-0.3, -0.25) is 0 Å². The summed E-state index contributed by atoms with van der Waals surface area (Å²) in [5.41, 5.74) is 3.72. The first kappa shape index (κ1) is 11.2. The van der Waals surface area contributed by atoms with E-state index >= 15 is 0 Å². The largest absolute Gasteiger partial charge is 0.311 e. The van der Waals surface area contributed by atoms with Crippen LogP contribution in [0.15, 0.2) is 18.2 Å². The van der Waals surface area contributed by atoms with Crippen LogP contribution in [-0.4, -0.2) is 11.5 Å². The van der Waals surface area contributed by atoms with E-state index in [1.54, 1.807) is 0 Å². The first-order chi connectivity index (χ1) is 8.28. The van der Waals surface area contributed by atoms with Gasteiger partial charge in [0.05, 0.1) is 5.69 Å². The zero-order valence-corrected chi connectivity index (χ0v) is 11.2. The highest BCUT2D eigenvalue weighted by atomic mass is 35.5. The number of rotatable bonds is 3. The molecule has 17 heavy (non-hydrogen) atoms. The second-order valence-electron chi connectivity index (χ2n) is 4.14. The topological polar surface area (TPSA) is 24.9 Å². The maximum atomic E-state index is 6.01. The van der Waals surface area contributed by atoms with Crippen LogP contribution in [0.3, 0.4) is 0 Å². The molecule has 1 aliphatic rings. The van der Waals surface area contributed by atoms with Crippen molar-refractivity contribution in [2.24, 2.45) is 0 Å². The molecule has 88 valence electrons. The fraction of sp³-hybridized carbons (Fsp3) is 0.308.